The Bertz CT molecular complexity index is 776. The fraction of sp³-hybridized carbons (Fsp3) is 0.450. The van der Waals surface area contributed by atoms with Crippen molar-refractivity contribution in [3.05, 3.63) is 47.8 Å². The van der Waals surface area contributed by atoms with Crippen molar-refractivity contribution in [2.24, 2.45) is 0 Å². The smallest absolute Gasteiger partial charge is 0.272 e. The van der Waals surface area contributed by atoms with Gasteiger partial charge >= 0.3 is 0 Å². The van der Waals surface area contributed by atoms with E-state index in [0.29, 0.717) is 24.7 Å². The Labute approximate surface area is 155 Å². The maximum Gasteiger partial charge on any atom is 0.272 e. The van der Waals surface area contributed by atoms with Gasteiger partial charge in [-0.2, -0.15) is 0 Å². The highest BCUT2D eigenvalue weighted by atomic mass is 16.2. The number of carbonyl (C=O) groups is 1. The first kappa shape index (κ1) is 18.2. The molecule has 0 bridgehead atoms. The highest BCUT2D eigenvalue weighted by Crippen LogP contribution is 2.19. The summed E-state index contributed by atoms with van der Waals surface area (Å²) in [5.74, 6) is 0.454. The number of nitrogens with zero attached hydrogens (tertiary/aromatic N) is 4. The van der Waals surface area contributed by atoms with E-state index in [-0.39, 0.29) is 11.4 Å². The second-order valence-corrected chi connectivity index (χ2v) is 7.76. The number of hydrogen-bond donors (Lipinski definition) is 1. The summed E-state index contributed by atoms with van der Waals surface area (Å²) in [5, 5.41) is 3.21. The zero-order valence-corrected chi connectivity index (χ0v) is 16.0. The SMILES string of the molecule is Cc1cccc(N2CCN(C(=O)c3ccnc(NC(C)(C)C)n3)CC2)c1. The van der Waals surface area contributed by atoms with E-state index in [4.69, 9.17) is 0 Å². The molecular weight excluding hydrogens is 326 g/mol. The van der Waals surface area contributed by atoms with Crippen molar-refractivity contribution < 1.29 is 4.79 Å². The van der Waals surface area contributed by atoms with Crippen LogP contribution in [0, 0.1) is 6.92 Å². The van der Waals surface area contributed by atoms with Gasteiger partial charge in [0.1, 0.15) is 5.69 Å². The number of hydrogen-bond acceptors (Lipinski definition) is 5. The molecule has 6 nitrogen and oxygen atoms in total. The Morgan fingerprint density at radius 3 is 2.50 bits per heavy atom. The van der Waals surface area contributed by atoms with Gasteiger partial charge in [0.25, 0.3) is 5.91 Å². The normalized spacial score (nSPS) is 15.1. The minimum atomic E-state index is -0.152. The third kappa shape index (κ3) is 4.50. The molecule has 1 fully saturated rings. The van der Waals surface area contributed by atoms with Crippen molar-refractivity contribution in [3.8, 4) is 0 Å². The summed E-state index contributed by atoms with van der Waals surface area (Å²) in [7, 11) is 0. The third-order valence-corrected chi connectivity index (χ3v) is 4.30. The number of benzene rings is 1. The van der Waals surface area contributed by atoms with Crippen LogP contribution in [0.25, 0.3) is 0 Å². The van der Waals surface area contributed by atoms with Gasteiger partial charge in [0, 0.05) is 43.6 Å². The molecule has 26 heavy (non-hydrogen) atoms. The maximum absolute atomic E-state index is 12.8. The molecule has 0 aliphatic carbocycles. The average Bonchev–Trinajstić information content (AvgIpc) is 2.60. The first-order valence-electron chi connectivity index (χ1n) is 9.04. The first-order chi connectivity index (χ1) is 12.3. The number of carbonyl (C=O) groups excluding carboxylic acids is 1. The molecule has 3 rings (SSSR count). The molecule has 0 spiro atoms. The Morgan fingerprint density at radius 1 is 1.12 bits per heavy atom. The average molecular weight is 353 g/mol. The summed E-state index contributed by atoms with van der Waals surface area (Å²) in [6.45, 7) is 11.3. The highest BCUT2D eigenvalue weighted by molar-refractivity contribution is 5.92. The first-order valence-corrected chi connectivity index (χ1v) is 9.04. The van der Waals surface area contributed by atoms with Crippen LogP contribution in [-0.2, 0) is 0 Å². The molecule has 138 valence electrons. The van der Waals surface area contributed by atoms with E-state index in [1.807, 2.05) is 25.7 Å². The van der Waals surface area contributed by atoms with Crippen LogP contribution in [0.15, 0.2) is 36.5 Å². The van der Waals surface area contributed by atoms with Crippen molar-refractivity contribution >= 4 is 17.5 Å². The highest BCUT2D eigenvalue weighted by Gasteiger charge is 2.24. The summed E-state index contributed by atoms with van der Waals surface area (Å²) in [6.07, 6.45) is 1.64. The molecule has 1 N–H and O–H groups in total. The molecule has 1 saturated heterocycles. The van der Waals surface area contributed by atoms with Gasteiger partial charge in [0.2, 0.25) is 5.95 Å². The van der Waals surface area contributed by atoms with Crippen molar-refractivity contribution in [1.29, 1.82) is 0 Å². The number of nitrogens with one attached hydrogen (secondary N) is 1. The van der Waals surface area contributed by atoms with Crippen LogP contribution in [0.1, 0.15) is 36.8 Å². The predicted molar refractivity (Wildman–Crippen MR) is 105 cm³/mol. The van der Waals surface area contributed by atoms with Crippen LogP contribution in [-0.4, -0.2) is 52.5 Å². The number of anilines is 2. The third-order valence-electron chi connectivity index (χ3n) is 4.30. The zero-order valence-electron chi connectivity index (χ0n) is 16.0. The Balaban J connectivity index is 1.64. The van der Waals surface area contributed by atoms with Gasteiger partial charge in [-0.1, -0.05) is 12.1 Å². The van der Waals surface area contributed by atoms with E-state index in [9.17, 15) is 4.79 Å². The molecule has 2 heterocycles. The molecule has 0 unspecified atom stereocenters. The van der Waals surface area contributed by atoms with Crippen LogP contribution < -0.4 is 10.2 Å². The van der Waals surface area contributed by atoms with Gasteiger partial charge in [0.05, 0.1) is 0 Å². The van der Waals surface area contributed by atoms with Gasteiger partial charge < -0.3 is 15.1 Å². The van der Waals surface area contributed by atoms with Crippen molar-refractivity contribution in [2.45, 2.75) is 33.2 Å². The molecule has 6 heteroatoms. The van der Waals surface area contributed by atoms with E-state index < -0.39 is 0 Å². The molecule has 1 aromatic carbocycles. The summed E-state index contributed by atoms with van der Waals surface area (Å²) >= 11 is 0. The van der Waals surface area contributed by atoms with Gasteiger partial charge in [-0.05, 0) is 51.5 Å². The summed E-state index contributed by atoms with van der Waals surface area (Å²) in [6, 6.07) is 10.2. The van der Waals surface area contributed by atoms with E-state index in [1.165, 1.54) is 11.3 Å². The zero-order chi connectivity index (χ0) is 18.7. The minimum Gasteiger partial charge on any atom is -0.368 e. The molecule has 1 aliphatic rings. The molecule has 2 aromatic rings. The molecule has 1 aliphatic heterocycles. The number of aromatic nitrogens is 2. The topological polar surface area (TPSA) is 61.4 Å². The fourth-order valence-electron chi connectivity index (χ4n) is 3.03. The van der Waals surface area contributed by atoms with Crippen LogP contribution in [0.5, 0.6) is 0 Å². The Morgan fingerprint density at radius 2 is 1.85 bits per heavy atom. The second-order valence-electron chi connectivity index (χ2n) is 7.76. The molecule has 0 atom stereocenters. The summed E-state index contributed by atoms with van der Waals surface area (Å²) in [5.41, 5.74) is 2.76. The lowest BCUT2D eigenvalue weighted by Gasteiger charge is -2.36. The number of aryl methyl sites for hydroxylation is 1. The van der Waals surface area contributed by atoms with E-state index in [2.05, 4.69) is 51.4 Å². The number of amides is 1. The molecule has 1 amide bonds. The maximum atomic E-state index is 12.8. The lowest BCUT2D eigenvalue weighted by Crippen LogP contribution is -2.49. The van der Waals surface area contributed by atoms with Crippen LogP contribution in [0.3, 0.4) is 0 Å². The van der Waals surface area contributed by atoms with Crippen LogP contribution in [0.2, 0.25) is 0 Å². The van der Waals surface area contributed by atoms with Crippen molar-refractivity contribution in [3.63, 3.8) is 0 Å². The Kier molecular flexibility index (Phi) is 5.11. The lowest BCUT2D eigenvalue weighted by atomic mass is 10.1. The molecule has 0 saturated carbocycles. The number of piperazine rings is 1. The molecular formula is C20H27N5O. The van der Waals surface area contributed by atoms with Gasteiger partial charge in [0.15, 0.2) is 0 Å². The fourth-order valence-corrected chi connectivity index (χ4v) is 3.03. The molecule has 0 radical (unpaired) electrons. The predicted octanol–water partition coefficient (Wildman–Crippen LogP) is 2.96. The van der Waals surface area contributed by atoms with E-state index in [1.54, 1.807) is 12.3 Å². The second kappa shape index (κ2) is 7.32. The van der Waals surface area contributed by atoms with Crippen molar-refractivity contribution in [2.75, 3.05) is 36.4 Å². The standard InChI is InChI=1S/C20H27N5O/c1-15-6-5-7-16(14-15)24-10-12-25(13-11-24)18(26)17-8-9-21-19(22-17)23-20(2,3)4/h5-9,14H,10-13H2,1-4H3,(H,21,22,23). The van der Waals surface area contributed by atoms with Crippen LogP contribution >= 0.6 is 0 Å². The summed E-state index contributed by atoms with van der Waals surface area (Å²) in [4.78, 5) is 25.6. The van der Waals surface area contributed by atoms with Gasteiger partial charge in [-0.3, -0.25) is 4.79 Å². The monoisotopic (exact) mass is 353 g/mol. The van der Waals surface area contributed by atoms with E-state index >= 15 is 0 Å². The number of rotatable bonds is 3. The van der Waals surface area contributed by atoms with Gasteiger partial charge in [-0.25, -0.2) is 9.97 Å². The summed E-state index contributed by atoms with van der Waals surface area (Å²) < 4.78 is 0. The van der Waals surface area contributed by atoms with Crippen LogP contribution in [0.4, 0.5) is 11.6 Å². The minimum absolute atomic E-state index is 0.0340. The largest absolute Gasteiger partial charge is 0.368 e. The van der Waals surface area contributed by atoms with Crippen molar-refractivity contribution in [1.82, 2.24) is 14.9 Å². The van der Waals surface area contributed by atoms with E-state index in [0.717, 1.165) is 13.1 Å². The lowest BCUT2D eigenvalue weighted by molar-refractivity contribution is 0.0740. The quantitative estimate of drug-likeness (QED) is 0.919. The molecule has 1 aromatic heterocycles. The Hall–Kier alpha value is -2.63. The van der Waals surface area contributed by atoms with Gasteiger partial charge in [-0.15, -0.1) is 0 Å².